The fourth-order valence-electron chi connectivity index (χ4n) is 8.39. The second-order valence-electron chi connectivity index (χ2n) is 19.9. The molecule has 0 heterocycles. The lowest BCUT2D eigenvalue weighted by atomic mass is 10.0. The molecule has 412 valence electrons. The maximum Gasteiger partial charge on any atom is 0.306 e. The number of esters is 3. The number of ether oxygens (including phenoxy) is 3. The third kappa shape index (κ3) is 57.2. The van der Waals surface area contributed by atoms with Crippen LogP contribution in [0.15, 0.2) is 97.2 Å². The highest BCUT2D eigenvalue weighted by atomic mass is 16.6. The Morgan fingerprint density at radius 2 is 0.569 bits per heavy atom. The summed E-state index contributed by atoms with van der Waals surface area (Å²) < 4.78 is 16.8. The molecule has 0 aliphatic heterocycles. The predicted octanol–water partition coefficient (Wildman–Crippen LogP) is 20.5. The van der Waals surface area contributed by atoms with E-state index in [1.807, 2.05) is 6.08 Å². The fraction of sp³-hybridized carbons (Fsp3) is 0.712. The summed E-state index contributed by atoms with van der Waals surface area (Å²) in [7, 11) is 0. The molecule has 0 aromatic carbocycles. The average Bonchev–Trinajstić information content (AvgIpc) is 3.38. The van der Waals surface area contributed by atoms with Crippen LogP contribution in [0.5, 0.6) is 0 Å². The number of carbonyl (C=O) groups excluding carboxylic acids is 3. The molecule has 72 heavy (non-hydrogen) atoms. The molecule has 0 bridgehead atoms. The van der Waals surface area contributed by atoms with Gasteiger partial charge in [-0.1, -0.05) is 279 Å². The van der Waals surface area contributed by atoms with Crippen LogP contribution in [-0.2, 0) is 28.6 Å². The van der Waals surface area contributed by atoms with Crippen LogP contribution < -0.4 is 0 Å². The van der Waals surface area contributed by atoms with Crippen LogP contribution in [0.2, 0.25) is 0 Å². The minimum absolute atomic E-state index is 0.0971. The van der Waals surface area contributed by atoms with Gasteiger partial charge in [0.05, 0.1) is 0 Å². The fourth-order valence-corrected chi connectivity index (χ4v) is 8.39. The van der Waals surface area contributed by atoms with Gasteiger partial charge < -0.3 is 14.2 Å². The molecule has 0 amide bonds. The normalized spacial score (nSPS) is 12.8. The SMILES string of the molecule is CC/C=C\C/C=C\C/C=C\C/C=C\CCCCCCCCCCCCCCCCC(=O)OCC(COC(=O)CC/C=C\C/C=C\C/C=C\C/C=C\CC)OC(=O)CCCCCCCCCCCCCCCC. The van der Waals surface area contributed by atoms with Gasteiger partial charge in [0.15, 0.2) is 6.10 Å². The Labute approximate surface area is 445 Å². The third-order valence-corrected chi connectivity index (χ3v) is 12.8. The number of unbranched alkanes of at least 4 members (excludes halogenated alkanes) is 27. The highest BCUT2D eigenvalue weighted by Crippen LogP contribution is 2.16. The van der Waals surface area contributed by atoms with Gasteiger partial charge >= 0.3 is 17.9 Å². The minimum Gasteiger partial charge on any atom is -0.462 e. The van der Waals surface area contributed by atoms with E-state index in [1.54, 1.807) is 0 Å². The molecule has 0 saturated carbocycles. The summed E-state index contributed by atoms with van der Waals surface area (Å²) in [6.45, 7) is 6.37. The number of carbonyl (C=O) groups is 3. The van der Waals surface area contributed by atoms with Gasteiger partial charge in [-0.2, -0.15) is 0 Å². The molecular formula is C66H112O6. The van der Waals surface area contributed by atoms with E-state index in [4.69, 9.17) is 14.2 Å². The van der Waals surface area contributed by atoms with Gasteiger partial charge in [-0.05, 0) is 83.5 Å². The van der Waals surface area contributed by atoms with E-state index >= 15 is 0 Å². The molecule has 0 fully saturated rings. The maximum absolute atomic E-state index is 12.8. The first kappa shape index (κ1) is 68.3. The Morgan fingerprint density at radius 1 is 0.292 bits per heavy atom. The monoisotopic (exact) mass is 1000 g/mol. The molecule has 0 saturated heterocycles. The van der Waals surface area contributed by atoms with Crippen molar-refractivity contribution >= 4 is 17.9 Å². The molecule has 0 rings (SSSR count). The number of rotatable bonds is 54. The lowest BCUT2D eigenvalue weighted by Crippen LogP contribution is -2.30. The van der Waals surface area contributed by atoms with E-state index in [2.05, 4.69) is 112 Å². The van der Waals surface area contributed by atoms with Gasteiger partial charge in [-0.15, -0.1) is 0 Å². The van der Waals surface area contributed by atoms with Crippen molar-refractivity contribution in [2.75, 3.05) is 13.2 Å². The van der Waals surface area contributed by atoms with E-state index in [1.165, 1.54) is 148 Å². The molecule has 0 aromatic rings. The molecule has 1 atom stereocenters. The van der Waals surface area contributed by atoms with Crippen molar-refractivity contribution < 1.29 is 28.6 Å². The zero-order valence-corrected chi connectivity index (χ0v) is 47.2. The first-order chi connectivity index (χ1) is 35.5. The first-order valence-corrected chi connectivity index (χ1v) is 30.2. The summed E-state index contributed by atoms with van der Waals surface area (Å²) in [5, 5.41) is 0. The Hall–Kier alpha value is -3.67. The second kappa shape index (κ2) is 59.9. The Morgan fingerprint density at radius 3 is 0.931 bits per heavy atom. The zero-order chi connectivity index (χ0) is 52.2. The molecule has 1 unspecified atom stereocenters. The van der Waals surface area contributed by atoms with Crippen LogP contribution in [0.3, 0.4) is 0 Å². The Kier molecular flexibility index (Phi) is 56.8. The molecule has 0 aliphatic rings. The molecular weight excluding hydrogens is 889 g/mol. The highest BCUT2D eigenvalue weighted by Gasteiger charge is 2.19. The van der Waals surface area contributed by atoms with Crippen molar-refractivity contribution in [1.82, 2.24) is 0 Å². The zero-order valence-electron chi connectivity index (χ0n) is 47.2. The van der Waals surface area contributed by atoms with Crippen molar-refractivity contribution in [3.8, 4) is 0 Å². The van der Waals surface area contributed by atoms with Crippen LogP contribution in [0.25, 0.3) is 0 Å². The largest absolute Gasteiger partial charge is 0.462 e. The smallest absolute Gasteiger partial charge is 0.306 e. The summed E-state index contributed by atoms with van der Waals surface area (Å²) >= 11 is 0. The minimum atomic E-state index is -0.804. The Bertz CT molecular complexity index is 1430. The summed E-state index contributed by atoms with van der Waals surface area (Å²) in [5.41, 5.74) is 0. The number of hydrogen-bond acceptors (Lipinski definition) is 6. The summed E-state index contributed by atoms with van der Waals surface area (Å²) in [4.78, 5) is 38.1. The molecule has 0 N–H and O–H groups in total. The third-order valence-electron chi connectivity index (χ3n) is 12.8. The van der Waals surface area contributed by atoms with E-state index in [0.29, 0.717) is 19.3 Å². The van der Waals surface area contributed by atoms with E-state index in [0.717, 1.165) is 89.9 Å². The van der Waals surface area contributed by atoms with Crippen molar-refractivity contribution in [3.05, 3.63) is 97.2 Å². The van der Waals surface area contributed by atoms with Gasteiger partial charge in [0, 0.05) is 19.3 Å². The topological polar surface area (TPSA) is 78.9 Å². The lowest BCUT2D eigenvalue weighted by molar-refractivity contribution is -0.166. The average molecular weight is 1000 g/mol. The highest BCUT2D eigenvalue weighted by molar-refractivity contribution is 5.71. The first-order valence-electron chi connectivity index (χ1n) is 30.2. The van der Waals surface area contributed by atoms with Crippen molar-refractivity contribution in [2.45, 2.75) is 290 Å². The second-order valence-corrected chi connectivity index (χ2v) is 19.9. The molecule has 0 aliphatic carbocycles. The Balaban J connectivity index is 4.28. The van der Waals surface area contributed by atoms with Crippen molar-refractivity contribution in [2.24, 2.45) is 0 Å². The van der Waals surface area contributed by atoms with Gasteiger partial charge in [0.2, 0.25) is 0 Å². The molecule has 0 spiro atoms. The van der Waals surface area contributed by atoms with Crippen LogP contribution in [-0.4, -0.2) is 37.2 Å². The van der Waals surface area contributed by atoms with E-state index in [9.17, 15) is 14.4 Å². The number of hydrogen-bond donors (Lipinski definition) is 0. The lowest BCUT2D eigenvalue weighted by Gasteiger charge is -2.18. The van der Waals surface area contributed by atoms with Crippen LogP contribution >= 0.6 is 0 Å². The maximum atomic E-state index is 12.8. The summed E-state index contributed by atoms with van der Waals surface area (Å²) in [5.74, 6) is -0.975. The van der Waals surface area contributed by atoms with Crippen LogP contribution in [0, 0.1) is 0 Å². The molecule has 0 aromatic heterocycles. The molecule has 6 nitrogen and oxygen atoms in total. The van der Waals surface area contributed by atoms with Gasteiger partial charge in [0.1, 0.15) is 13.2 Å². The van der Waals surface area contributed by atoms with Crippen LogP contribution in [0.1, 0.15) is 284 Å². The molecule has 6 heteroatoms. The van der Waals surface area contributed by atoms with E-state index in [-0.39, 0.29) is 37.5 Å². The summed E-state index contributed by atoms with van der Waals surface area (Å²) in [6, 6.07) is 0. The van der Waals surface area contributed by atoms with Crippen molar-refractivity contribution in [3.63, 3.8) is 0 Å². The van der Waals surface area contributed by atoms with Gasteiger partial charge in [-0.25, -0.2) is 0 Å². The van der Waals surface area contributed by atoms with Crippen molar-refractivity contribution in [1.29, 1.82) is 0 Å². The quantitative estimate of drug-likeness (QED) is 0.0261. The number of allylic oxidation sites excluding steroid dienone is 16. The van der Waals surface area contributed by atoms with E-state index < -0.39 is 6.10 Å². The molecule has 0 radical (unpaired) electrons. The standard InChI is InChI=1S/C66H112O6/c1-4-7-10-13-16-19-22-25-27-28-29-30-31-32-33-34-35-36-37-38-39-42-44-47-50-53-56-59-65(68)71-62-63(61-70-64(67)58-55-52-49-46-43-40-24-21-18-15-12-9-6-3)72-66(69)60-57-54-51-48-45-41-26-23-20-17-14-11-8-5-2/h7,9-10,12,16,18-19,21,25,27,29-30,40,43,49,52,63H,4-6,8,11,13-15,17,20,22-24,26,28,31-39,41-42,44-48,50-51,53-62H2,1-3H3/b10-7-,12-9-,19-16-,21-18-,27-25-,30-29-,43-40-,52-49-. The predicted molar refractivity (Wildman–Crippen MR) is 311 cm³/mol. The van der Waals surface area contributed by atoms with Crippen LogP contribution in [0.4, 0.5) is 0 Å². The van der Waals surface area contributed by atoms with Gasteiger partial charge in [0.25, 0.3) is 0 Å². The summed E-state index contributed by atoms with van der Waals surface area (Å²) in [6.07, 6.45) is 80.0. The van der Waals surface area contributed by atoms with Gasteiger partial charge in [-0.3, -0.25) is 14.4 Å².